The van der Waals surface area contributed by atoms with Crippen molar-refractivity contribution in [3.05, 3.63) is 54.1 Å². The fraction of sp³-hybridized carbons (Fsp3) is 0.455. The summed E-state index contributed by atoms with van der Waals surface area (Å²) in [6.07, 6.45) is 10.2. The van der Waals surface area contributed by atoms with Gasteiger partial charge >= 0.3 is 0 Å². The Balaban J connectivity index is 1.31. The summed E-state index contributed by atoms with van der Waals surface area (Å²) < 4.78 is 14.0. The molecule has 0 unspecified atom stereocenters. The van der Waals surface area contributed by atoms with E-state index in [4.69, 9.17) is 0 Å². The van der Waals surface area contributed by atoms with Gasteiger partial charge < -0.3 is 15.1 Å². The van der Waals surface area contributed by atoms with Crippen LogP contribution in [0.4, 0.5) is 21.7 Å². The monoisotopic (exact) mass is 381 g/mol. The van der Waals surface area contributed by atoms with Crippen LogP contribution in [0.15, 0.2) is 48.3 Å². The zero-order chi connectivity index (χ0) is 19.2. The molecule has 2 aliphatic rings. The van der Waals surface area contributed by atoms with Crippen molar-refractivity contribution in [1.82, 2.24) is 9.97 Å². The molecule has 0 saturated carbocycles. The predicted octanol–water partition coefficient (Wildman–Crippen LogP) is 4.24. The SMILES string of the molecule is Fc1ccccc1N1CCN(c2cc(NCCC3=CCCCC3)ncn2)CC1. The Morgan fingerprint density at radius 1 is 1.00 bits per heavy atom. The number of nitrogens with one attached hydrogen (secondary N) is 1. The van der Waals surface area contributed by atoms with Gasteiger partial charge in [-0.15, -0.1) is 0 Å². The fourth-order valence-corrected chi connectivity index (χ4v) is 3.98. The van der Waals surface area contributed by atoms with Gasteiger partial charge in [0.1, 0.15) is 23.8 Å². The maximum Gasteiger partial charge on any atom is 0.146 e. The number of allylic oxidation sites excluding steroid dienone is 1. The second kappa shape index (κ2) is 9.04. The van der Waals surface area contributed by atoms with Crippen molar-refractivity contribution in [2.24, 2.45) is 0 Å². The summed E-state index contributed by atoms with van der Waals surface area (Å²) in [4.78, 5) is 13.2. The molecule has 6 heteroatoms. The van der Waals surface area contributed by atoms with E-state index in [1.807, 2.05) is 18.2 Å². The number of nitrogens with zero attached hydrogens (tertiary/aromatic N) is 4. The van der Waals surface area contributed by atoms with Gasteiger partial charge in [-0.3, -0.25) is 0 Å². The molecule has 0 radical (unpaired) electrons. The van der Waals surface area contributed by atoms with Crippen molar-refractivity contribution < 1.29 is 4.39 Å². The zero-order valence-electron chi connectivity index (χ0n) is 16.3. The smallest absolute Gasteiger partial charge is 0.146 e. The van der Waals surface area contributed by atoms with Crippen molar-refractivity contribution in [2.45, 2.75) is 32.1 Å². The van der Waals surface area contributed by atoms with Gasteiger partial charge in [0.15, 0.2) is 0 Å². The molecule has 148 valence electrons. The number of rotatable bonds is 6. The number of benzene rings is 1. The summed E-state index contributed by atoms with van der Waals surface area (Å²) in [6.45, 7) is 4.10. The molecule has 28 heavy (non-hydrogen) atoms. The van der Waals surface area contributed by atoms with Crippen molar-refractivity contribution in [2.75, 3.05) is 47.8 Å². The molecule has 0 spiro atoms. The second-order valence-electron chi connectivity index (χ2n) is 7.47. The second-order valence-corrected chi connectivity index (χ2v) is 7.47. The summed E-state index contributed by atoms with van der Waals surface area (Å²) >= 11 is 0. The van der Waals surface area contributed by atoms with E-state index in [2.05, 4.69) is 31.2 Å². The van der Waals surface area contributed by atoms with E-state index in [9.17, 15) is 4.39 Å². The van der Waals surface area contributed by atoms with Crippen LogP contribution in [0.1, 0.15) is 32.1 Å². The molecule has 5 nitrogen and oxygen atoms in total. The van der Waals surface area contributed by atoms with Gasteiger partial charge in [-0.05, 0) is 44.2 Å². The Kier molecular flexibility index (Phi) is 6.04. The van der Waals surface area contributed by atoms with Crippen LogP contribution >= 0.6 is 0 Å². The molecule has 1 fully saturated rings. The van der Waals surface area contributed by atoms with E-state index in [0.717, 1.165) is 50.8 Å². The third kappa shape index (κ3) is 4.61. The molecule has 4 rings (SSSR count). The number of anilines is 3. The molecule has 0 amide bonds. The van der Waals surface area contributed by atoms with Crippen LogP contribution in [0.5, 0.6) is 0 Å². The zero-order valence-corrected chi connectivity index (χ0v) is 16.3. The summed E-state index contributed by atoms with van der Waals surface area (Å²) in [6, 6.07) is 9.01. The maximum absolute atomic E-state index is 14.0. The Morgan fingerprint density at radius 3 is 2.61 bits per heavy atom. The highest BCUT2D eigenvalue weighted by molar-refractivity contribution is 5.52. The minimum Gasteiger partial charge on any atom is -0.370 e. The van der Waals surface area contributed by atoms with Gasteiger partial charge in [0.25, 0.3) is 0 Å². The van der Waals surface area contributed by atoms with Crippen LogP contribution in [0.2, 0.25) is 0 Å². The third-order valence-corrected chi connectivity index (χ3v) is 5.59. The summed E-state index contributed by atoms with van der Waals surface area (Å²) in [5.41, 5.74) is 2.25. The molecular weight excluding hydrogens is 353 g/mol. The van der Waals surface area contributed by atoms with Crippen LogP contribution in [-0.2, 0) is 0 Å². The summed E-state index contributed by atoms with van der Waals surface area (Å²) in [5, 5.41) is 3.43. The lowest BCUT2D eigenvalue weighted by Gasteiger charge is -2.36. The summed E-state index contributed by atoms with van der Waals surface area (Å²) in [5.74, 6) is 1.65. The standard InChI is InChI=1S/C22H28FN5/c23-19-8-4-5-9-20(19)27-12-14-28(15-13-27)22-16-21(25-17-26-22)24-11-10-18-6-2-1-3-7-18/h4-6,8-9,16-17H,1-3,7,10-15H2,(H,24,25,26). The van der Waals surface area contributed by atoms with Crippen molar-refractivity contribution in [1.29, 1.82) is 0 Å². The molecule has 1 saturated heterocycles. The Bertz CT molecular complexity index is 814. The third-order valence-electron chi connectivity index (χ3n) is 5.59. The summed E-state index contributed by atoms with van der Waals surface area (Å²) in [7, 11) is 0. The minimum atomic E-state index is -0.155. The number of aromatic nitrogens is 2. The number of piperazine rings is 1. The van der Waals surface area contributed by atoms with Crippen molar-refractivity contribution in [3.8, 4) is 0 Å². The number of hydrogen-bond donors (Lipinski definition) is 1. The minimum absolute atomic E-state index is 0.155. The van der Waals surface area contributed by atoms with E-state index >= 15 is 0 Å². The number of para-hydroxylation sites is 1. The molecular formula is C22H28FN5. The lowest BCUT2D eigenvalue weighted by atomic mass is 9.97. The largest absolute Gasteiger partial charge is 0.370 e. The van der Waals surface area contributed by atoms with Crippen molar-refractivity contribution >= 4 is 17.3 Å². The van der Waals surface area contributed by atoms with Crippen LogP contribution < -0.4 is 15.1 Å². The van der Waals surface area contributed by atoms with E-state index in [1.165, 1.54) is 31.7 Å². The number of hydrogen-bond acceptors (Lipinski definition) is 5. The van der Waals surface area contributed by atoms with Gasteiger partial charge in [-0.1, -0.05) is 23.8 Å². The molecule has 2 heterocycles. The molecule has 2 aromatic rings. The number of halogens is 1. The van der Waals surface area contributed by atoms with E-state index < -0.39 is 0 Å². The molecule has 1 aliphatic heterocycles. The van der Waals surface area contributed by atoms with Gasteiger partial charge in [0.05, 0.1) is 5.69 Å². The molecule has 1 N–H and O–H groups in total. The van der Waals surface area contributed by atoms with Gasteiger partial charge in [0, 0.05) is 38.8 Å². The first-order chi connectivity index (χ1) is 13.8. The molecule has 1 aromatic carbocycles. The average Bonchev–Trinajstić information content (AvgIpc) is 2.75. The molecule has 1 aliphatic carbocycles. The van der Waals surface area contributed by atoms with Gasteiger partial charge in [-0.25, -0.2) is 14.4 Å². The van der Waals surface area contributed by atoms with E-state index in [1.54, 1.807) is 18.0 Å². The molecule has 1 aromatic heterocycles. The highest BCUT2D eigenvalue weighted by Crippen LogP contribution is 2.23. The molecule has 0 bridgehead atoms. The predicted molar refractivity (Wildman–Crippen MR) is 113 cm³/mol. The van der Waals surface area contributed by atoms with Crippen molar-refractivity contribution in [3.63, 3.8) is 0 Å². The maximum atomic E-state index is 14.0. The van der Waals surface area contributed by atoms with Crippen LogP contribution in [0, 0.1) is 5.82 Å². The Hall–Kier alpha value is -2.63. The Morgan fingerprint density at radius 2 is 1.82 bits per heavy atom. The lowest BCUT2D eigenvalue weighted by molar-refractivity contribution is 0.596. The van der Waals surface area contributed by atoms with Crippen LogP contribution in [-0.4, -0.2) is 42.7 Å². The van der Waals surface area contributed by atoms with Crippen LogP contribution in [0.25, 0.3) is 0 Å². The first kappa shape index (κ1) is 18.7. The fourth-order valence-electron chi connectivity index (χ4n) is 3.98. The molecule has 0 atom stereocenters. The highest BCUT2D eigenvalue weighted by atomic mass is 19.1. The quantitative estimate of drug-likeness (QED) is 0.758. The topological polar surface area (TPSA) is 44.3 Å². The van der Waals surface area contributed by atoms with E-state index in [-0.39, 0.29) is 5.82 Å². The van der Waals surface area contributed by atoms with Gasteiger partial charge in [-0.2, -0.15) is 0 Å². The normalized spacial score (nSPS) is 17.4. The first-order valence-corrected chi connectivity index (χ1v) is 10.3. The van der Waals surface area contributed by atoms with Gasteiger partial charge in [0.2, 0.25) is 0 Å². The average molecular weight is 381 g/mol. The Labute approximate surface area is 166 Å². The first-order valence-electron chi connectivity index (χ1n) is 10.3. The highest BCUT2D eigenvalue weighted by Gasteiger charge is 2.20. The van der Waals surface area contributed by atoms with E-state index in [0.29, 0.717) is 5.69 Å². The van der Waals surface area contributed by atoms with Crippen LogP contribution in [0.3, 0.4) is 0 Å². The lowest BCUT2D eigenvalue weighted by Crippen LogP contribution is -2.47.